The summed E-state index contributed by atoms with van der Waals surface area (Å²) in [5.41, 5.74) is 1.39. The molecule has 0 unspecified atom stereocenters. The minimum atomic E-state index is -0.965. The lowest BCUT2D eigenvalue weighted by Crippen LogP contribution is -2.24. The zero-order chi connectivity index (χ0) is 15.6. The molecular formula is C14H19N3O4. The van der Waals surface area contributed by atoms with E-state index in [1.807, 2.05) is 18.4 Å². The molecule has 7 nitrogen and oxygen atoms in total. The van der Waals surface area contributed by atoms with Crippen LogP contribution in [0.15, 0.2) is 16.9 Å². The van der Waals surface area contributed by atoms with Gasteiger partial charge in [-0.05, 0) is 5.92 Å². The first-order chi connectivity index (χ1) is 9.92. The standard InChI is InChI=1S/C14H19N3O4/c1-9(2)7-16-11(6-14(19)20)5-13(18)17-12(16)4-10(15-17)8-21-3/h4-5,9H,6-8H2,1-3H3,(H,19,20). The third kappa shape index (κ3) is 3.30. The van der Waals surface area contributed by atoms with Crippen molar-refractivity contribution < 1.29 is 14.6 Å². The summed E-state index contributed by atoms with van der Waals surface area (Å²) in [6, 6.07) is 3.10. The van der Waals surface area contributed by atoms with Gasteiger partial charge in [-0.3, -0.25) is 9.59 Å². The summed E-state index contributed by atoms with van der Waals surface area (Å²) in [5, 5.41) is 13.2. The highest BCUT2D eigenvalue weighted by molar-refractivity contribution is 5.69. The van der Waals surface area contributed by atoms with Crippen molar-refractivity contribution in [3.8, 4) is 0 Å². The Morgan fingerprint density at radius 3 is 2.71 bits per heavy atom. The van der Waals surface area contributed by atoms with Crippen LogP contribution in [-0.2, 0) is 29.1 Å². The summed E-state index contributed by atoms with van der Waals surface area (Å²) in [6.07, 6.45) is -0.191. The molecule has 2 aromatic heterocycles. The second-order valence-corrected chi connectivity index (χ2v) is 5.39. The number of aromatic nitrogens is 3. The second kappa shape index (κ2) is 6.09. The Morgan fingerprint density at radius 2 is 2.14 bits per heavy atom. The van der Waals surface area contributed by atoms with E-state index < -0.39 is 5.97 Å². The van der Waals surface area contributed by atoms with Gasteiger partial charge in [0.2, 0.25) is 0 Å². The number of carboxylic acid groups (broad SMARTS) is 1. The number of methoxy groups -OCH3 is 1. The molecule has 0 atom stereocenters. The van der Waals surface area contributed by atoms with Gasteiger partial charge in [0.05, 0.1) is 18.7 Å². The summed E-state index contributed by atoms with van der Waals surface area (Å²) in [5.74, 6) is -0.655. The number of fused-ring (bicyclic) bond motifs is 1. The lowest BCUT2D eigenvalue weighted by atomic mass is 10.2. The number of nitrogens with zero attached hydrogens (tertiary/aromatic N) is 3. The Kier molecular flexibility index (Phi) is 4.42. The molecular weight excluding hydrogens is 274 g/mol. The van der Waals surface area contributed by atoms with Crippen LogP contribution in [0.5, 0.6) is 0 Å². The molecule has 1 N–H and O–H groups in total. The number of ether oxygens (including phenoxy) is 1. The largest absolute Gasteiger partial charge is 0.481 e. The first kappa shape index (κ1) is 15.2. The van der Waals surface area contributed by atoms with Crippen molar-refractivity contribution >= 4 is 11.6 Å². The van der Waals surface area contributed by atoms with Crippen LogP contribution in [0, 0.1) is 5.92 Å². The highest BCUT2D eigenvalue weighted by atomic mass is 16.5. The minimum Gasteiger partial charge on any atom is -0.481 e. The fraction of sp³-hybridized carbons (Fsp3) is 0.500. The van der Waals surface area contributed by atoms with E-state index in [1.54, 1.807) is 13.2 Å². The Labute approximate surface area is 121 Å². The summed E-state index contributed by atoms with van der Waals surface area (Å²) < 4.78 is 8.17. The van der Waals surface area contributed by atoms with E-state index in [4.69, 9.17) is 9.84 Å². The number of carbonyl (C=O) groups is 1. The summed E-state index contributed by atoms with van der Waals surface area (Å²) in [4.78, 5) is 23.1. The van der Waals surface area contributed by atoms with E-state index in [0.717, 1.165) is 0 Å². The zero-order valence-corrected chi connectivity index (χ0v) is 12.4. The lowest BCUT2D eigenvalue weighted by molar-refractivity contribution is -0.136. The van der Waals surface area contributed by atoms with Crippen LogP contribution in [-0.4, -0.2) is 32.4 Å². The summed E-state index contributed by atoms with van der Waals surface area (Å²) in [7, 11) is 1.56. The van der Waals surface area contributed by atoms with Crippen LogP contribution in [0.3, 0.4) is 0 Å². The number of carboxylic acids is 1. The van der Waals surface area contributed by atoms with Crippen molar-refractivity contribution in [1.82, 2.24) is 14.2 Å². The lowest BCUT2D eigenvalue weighted by Gasteiger charge is -2.16. The van der Waals surface area contributed by atoms with Crippen LogP contribution in [0.1, 0.15) is 25.2 Å². The van der Waals surface area contributed by atoms with Crippen molar-refractivity contribution in [2.75, 3.05) is 7.11 Å². The zero-order valence-electron chi connectivity index (χ0n) is 12.4. The van der Waals surface area contributed by atoms with E-state index in [9.17, 15) is 9.59 Å². The van der Waals surface area contributed by atoms with Gasteiger partial charge in [0.15, 0.2) is 0 Å². The van der Waals surface area contributed by atoms with Crippen LogP contribution < -0.4 is 5.56 Å². The second-order valence-electron chi connectivity index (χ2n) is 5.39. The van der Waals surface area contributed by atoms with Crippen LogP contribution >= 0.6 is 0 Å². The quantitative estimate of drug-likeness (QED) is 0.856. The summed E-state index contributed by atoms with van der Waals surface area (Å²) in [6.45, 7) is 4.98. The fourth-order valence-corrected chi connectivity index (χ4v) is 2.30. The van der Waals surface area contributed by atoms with Gasteiger partial charge in [0, 0.05) is 31.5 Å². The van der Waals surface area contributed by atoms with Gasteiger partial charge in [-0.15, -0.1) is 0 Å². The molecule has 0 aliphatic heterocycles. The molecule has 0 spiro atoms. The van der Waals surface area contributed by atoms with Gasteiger partial charge < -0.3 is 14.4 Å². The van der Waals surface area contributed by atoms with Crippen molar-refractivity contribution in [1.29, 1.82) is 0 Å². The van der Waals surface area contributed by atoms with E-state index in [1.165, 1.54) is 10.6 Å². The summed E-state index contributed by atoms with van der Waals surface area (Å²) >= 11 is 0. The fourth-order valence-electron chi connectivity index (χ4n) is 2.30. The molecule has 0 saturated heterocycles. The Hall–Kier alpha value is -2.15. The van der Waals surface area contributed by atoms with Crippen molar-refractivity contribution in [2.24, 2.45) is 5.92 Å². The van der Waals surface area contributed by atoms with Gasteiger partial charge in [0.1, 0.15) is 5.65 Å². The SMILES string of the molecule is COCc1cc2n(CC(C)C)c(CC(=O)O)cc(=O)n2n1. The average Bonchev–Trinajstić information content (AvgIpc) is 2.78. The average molecular weight is 293 g/mol. The monoisotopic (exact) mass is 293 g/mol. The predicted octanol–water partition coefficient (Wildman–Crippen LogP) is 0.925. The van der Waals surface area contributed by atoms with E-state index in [-0.39, 0.29) is 12.0 Å². The molecule has 114 valence electrons. The maximum Gasteiger partial charge on any atom is 0.309 e. The highest BCUT2D eigenvalue weighted by Gasteiger charge is 2.15. The molecule has 2 heterocycles. The molecule has 0 fully saturated rings. The third-order valence-corrected chi connectivity index (χ3v) is 3.04. The third-order valence-electron chi connectivity index (χ3n) is 3.04. The molecule has 0 amide bonds. The normalized spacial score (nSPS) is 11.4. The number of hydrogen-bond acceptors (Lipinski definition) is 4. The molecule has 0 radical (unpaired) electrons. The maximum atomic E-state index is 12.1. The van der Waals surface area contributed by atoms with E-state index in [0.29, 0.717) is 36.1 Å². The Bertz CT molecular complexity index is 715. The van der Waals surface area contributed by atoms with Crippen molar-refractivity contribution in [3.05, 3.63) is 33.9 Å². The molecule has 7 heteroatoms. The Balaban J connectivity index is 2.66. The van der Waals surface area contributed by atoms with Crippen molar-refractivity contribution in [3.63, 3.8) is 0 Å². The van der Waals surface area contributed by atoms with Crippen LogP contribution in [0.4, 0.5) is 0 Å². The molecule has 0 bridgehead atoms. The van der Waals surface area contributed by atoms with E-state index >= 15 is 0 Å². The van der Waals surface area contributed by atoms with Gasteiger partial charge in [-0.1, -0.05) is 13.8 Å². The molecule has 0 aromatic carbocycles. The van der Waals surface area contributed by atoms with Crippen molar-refractivity contribution in [2.45, 2.75) is 33.4 Å². The number of hydrogen-bond donors (Lipinski definition) is 1. The first-order valence-corrected chi connectivity index (χ1v) is 6.74. The van der Waals surface area contributed by atoms with Gasteiger partial charge in [-0.2, -0.15) is 9.61 Å². The molecule has 0 saturated carbocycles. The predicted molar refractivity (Wildman–Crippen MR) is 76.3 cm³/mol. The smallest absolute Gasteiger partial charge is 0.309 e. The minimum absolute atomic E-state index is 0.191. The van der Waals surface area contributed by atoms with Gasteiger partial charge in [0.25, 0.3) is 5.56 Å². The molecule has 21 heavy (non-hydrogen) atoms. The first-order valence-electron chi connectivity index (χ1n) is 6.74. The van der Waals surface area contributed by atoms with Crippen LogP contribution in [0.25, 0.3) is 5.65 Å². The molecule has 2 rings (SSSR count). The van der Waals surface area contributed by atoms with E-state index in [2.05, 4.69) is 5.10 Å². The Morgan fingerprint density at radius 1 is 1.43 bits per heavy atom. The molecule has 0 aliphatic carbocycles. The number of rotatable bonds is 6. The van der Waals surface area contributed by atoms with Gasteiger partial charge in [-0.25, -0.2) is 0 Å². The number of aliphatic carboxylic acids is 1. The maximum absolute atomic E-state index is 12.1. The topological polar surface area (TPSA) is 85.8 Å². The highest BCUT2D eigenvalue weighted by Crippen LogP contribution is 2.13. The molecule has 0 aliphatic rings. The van der Waals surface area contributed by atoms with Crippen LogP contribution in [0.2, 0.25) is 0 Å². The molecule has 2 aromatic rings. The van der Waals surface area contributed by atoms with Gasteiger partial charge >= 0.3 is 5.97 Å².